The van der Waals surface area contributed by atoms with Crippen LogP contribution in [0.3, 0.4) is 0 Å². The van der Waals surface area contributed by atoms with E-state index in [4.69, 9.17) is 0 Å². The highest BCUT2D eigenvalue weighted by atomic mass is 14.3. The summed E-state index contributed by atoms with van der Waals surface area (Å²) in [6, 6.07) is 0. The third kappa shape index (κ3) is 20.4. The molecular formula is C32H64. The molecule has 0 aromatic carbocycles. The second-order valence-corrected chi connectivity index (χ2v) is 10.9. The Kier molecular flexibility index (Phi) is 25.2. The molecule has 0 radical (unpaired) electrons. The molecule has 0 aromatic rings. The van der Waals surface area contributed by atoms with Crippen molar-refractivity contribution in [3.8, 4) is 0 Å². The first-order chi connectivity index (χ1) is 15.7. The number of rotatable bonds is 27. The summed E-state index contributed by atoms with van der Waals surface area (Å²) in [6.07, 6.45) is 39.5. The maximum absolute atomic E-state index is 4.37. The molecule has 32 heavy (non-hydrogen) atoms. The van der Waals surface area contributed by atoms with Gasteiger partial charge in [-0.1, -0.05) is 175 Å². The summed E-state index contributed by atoms with van der Waals surface area (Å²) in [5.41, 5.74) is 0.438. The van der Waals surface area contributed by atoms with Crippen LogP contribution in [0.1, 0.15) is 188 Å². The number of allylic oxidation sites excluding steroid dienone is 1. The van der Waals surface area contributed by atoms with Gasteiger partial charge in [-0.25, -0.2) is 0 Å². The lowest BCUT2D eigenvalue weighted by Gasteiger charge is -2.31. The minimum absolute atomic E-state index is 0.438. The smallest absolute Gasteiger partial charge is 0.0121 e. The molecule has 0 saturated carbocycles. The summed E-state index contributed by atoms with van der Waals surface area (Å²) in [5, 5.41) is 0. The molecule has 0 amide bonds. The molecule has 0 heterocycles. The van der Waals surface area contributed by atoms with Gasteiger partial charge >= 0.3 is 0 Å². The summed E-state index contributed by atoms with van der Waals surface area (Å²) in [7, 11) is 0. The van der Waals surface area contributed by atoms with E-state index in [9.17, 15) is 0 Å². The molecule has 0 bridgehead atoms. The predicted octanol–water partition coefficient (Wildman–Crippen LogP) is 12.4. The molecule has 0 aromatic heterocycles. The molecule has 0 aliphatic rings. The first kappa shape index (κ1) is 31.7. The number of unbranched alkanes of at least 4 members (excludes halogenated alkanes) is 20. The molecule has 0 atom stereocenters. The van der Waals surface area contributed by atoms with Crippen molar-refractivity contribution >= 4 is 0 Å². The van der Waals surface area contributed by atoms with Crippen molar-refractivity contribution in [3.63, 3.8) is 0 Å². The number of hydrogen-bond acceptors (Lipinski definition) is 0. The van der Waals surface area contributed by atoms with Crippen LogP contribution in [-0.4, -0.2) is 0 Å². The lowest BCUT2D eigenvalue weighted by atomic mass is 9.74. The largest absolute Gasteiger partial charge is 0.103 e. The molecule has 0 nitrogen and oxygen atoms in total. The summed E-state index contributed by atoms with van der Waals surface area (Å²) in [4.78, 5) is 0. The van der Waals surface area contributed by atoms with Gasteiger partial charge < -0.3 is 0 Å². The highest BCUT2D eigenvalue weighted by molar-refractivity contribution is 4.94. The zero-order valence-corrected chi connectivity index (χ0v) is 23.2. The minimum Gasteiger partial charge on any atom is -0.103 e. The monoisotopic (exact) mass is 449 g/mol. The van der Waals surface area contributed by atoms with Crippen LogP contribution in [-0.2, 0) is 0 Å². The topological polar surface area (TPSA) is 0 Å². The zero-order chi connectivity index (χ0) is 23.6. The van der Waals surface area contributed by atoms with E-state index in [-0.39, 0.29) is 0 Å². The third-order valence-corrected chi connectivity index (χ3v) is 7.77. The molecule has 0 unspecified atom stereocenters. The average molecular weight is 449 g/mol. The van der Waals surface area contributed by atoms with Gasteiger partial charge in [-0.3, -0.25) is 0 Å². The molecule has 0 spiro atoms. The van der Waals surface area contributed by atoms with Crippen LogP contribution in [0.15, 0.2) is 12.7 Å². The van der Waals surface area contributed by atoms with Crippen LogP contribution in [0.25, 0.3) is 0 Å². The zero-order valence-electron chi connectivity index (χ0n) is 23.2. The third-order valence-electron chi connectivity index (χ3n) is 7.77. The Hall–Kier alpha value is -0.260. The fourth-order valence-electron chi connectivity index (χ4n) is 5.34. The van der Waals surface area contributed by atoms with E-state index >= 15 is 0 Å². The fourth-order valence-corrected chi connectivity index (χ4v) is 5.34. The Bertz CT molecular complexity index is 335. The summed E-state index contributed by atoms with van der Waals surface area (Å²) in [6.45, 7) is 11.3. The Morgan fingerprint density at radius 2 is 0.594 bits per heavy atom. The standard InChI is InChI=1S/C32H64/c1-5-9-12-15-18-21-24-27-30-32(8-4,29-26-23-20-17-14-11-7-3)31-28-25-22-19-16-13-10-6-2/h8H,4-7,9-31H2,1-3H3. The van der Waals surface area contributed by atoms with Gasteiger partial charge in [0.25, 0.3) is 0 Å². The van der Waals surface area contributed by atoms with Crippen molar-refractivity contribution in [3.05, 3.63) is 12.7 Å². The van der Waals surface area contributed by atoms with Gasteiger partial charge in [0.1, 0.15) is 0 Å². The molecule has 192 valence electrons. The van der Waals surface area contributed by atoms with E-state index < -0.39 is 0 Å². The van der Waals surface area contributed by atoms with E-state index in [2.05, 4.69) is 33.4 Å². The van der Waals surface area contributed by atoms with Crippen molar-refractivity contribution in [2.75, 3.05) is 0 Å². The lowest BCUT2D eigenvalue weighted by Crippen LogP contribution is -2.18. The van der Waals surface area contributed by atoms with Gasteiger partial charge in [-0.05, 0) is 24.7 Å². The highest BCUT2D eigenvalue weighted by Gasteiger charge is 2.25. The molecular weight excluding hydrogens is 384 g/mol. The predicted molar refractivity (Wildman–Crippen MR) is 150 cm³/mol. The first-order valence-electron chi connectivity index (χ1n) is 15.4. The normalized spacial score (nSPS) is 11.8. The van der Waals surface area contributed by atoms with E-state index in [1.807, 2.05) is 0 Å². The maximum atomic E-state index is 4.37. The molecule has 0 aliphatic carbocycles. The van der Waals surface area contributed by atoms with E-state index in [1.165, 1.54) is 167 Å². The quantitative estimate of drug-likeness (QED) is 0.0865. The minimum atomic E-state index is 0.438. The van der Waals surface area contributed by atoms with Crippen LogP contribution < -0.4 is 0 Å². The average Bonchev–Trinajstić information content (AvgIpc) is 2.81. The Labute approximate surface area is 205 Å². The summed E-state index contributed by atoms with van der Waals surface area (Å²) < 4.78 is 0. The van der Waals surface area contributed by atoms with Gasteiger partial charge in [0.05, 0.1) is 0 Å². The molecule has 0 aliphatic heterocycles. The lowest BCUT2D eigenvalue weighted by molar-refractivity contribution is 0.264. The van der Waals surface area contributed by atoms with Crippen molar-refractivity contribution in [2.24, 2.45) is 5.41 Å². The number of hydrogen-bond donors (Lipinski definition) is 0. The molecule has 0 saturated heterocycles. The molecule has 0 fully saturated rings. The van der Waals surface area contributed by atoms with E-state index in [0.717, 1.165) is 0 Å². The maximum Gasteiger partial charge on any atom is -0.0121 e. The van der Waals surface area contributed by atoms with Gasteiger partial charge in [-0.15, -0.1) is 6.58 Å². The van der Waals surface area contributed by atoms with Crippen molar-refractivity contribution in [1.82, 2.24) is 0 Å². The van der Waals surface area contributed by atoms with Crippen LogP contribution in [0.4, 0.5) is 0 Å². The van der Waals surface area contributed by atoms with Gasteiger partial charge in [0, 0.05) is 0 Å². The summed E-state index contributed by atoms with van der Waals surface area (Å²) in [5.74, 6) is 0. The van der Waals surface area contributed by atoms with Crippen molar-refractivity contribution < 1.29 is 0 Å². The van der Waals surface area contributed by atoms with Crippen LogP contribution >= 0.6 is 0 Å². The van der Waals surface area contributed by atoms with Crippen LogP contribution in [0.2, 0.25) is 0 Å². The van der Waals surface area contributed by atoms with E-state index in [1.54, 1.807) is 0 Å². The van der Waals surface area contributed by atoms with Crippen LogP contribution in [0, 0.1) is 5.41 Å². The molecule has 0 rings (SSSR count). The Balaban J connectivity index is 4.24. The van der Waals surface area contributed by atoms with Crippen LogP contribution in [0.5, 0.6) is 0 Å². The second-order valence-electron chi connectivity index (χ2n) is 10.9. The fraction of sp³-hybridized carbons (Fsp3) is 0.938. The Morgan fingerprint density at radius 1 is 0.375 bits per heavy atom. The first-order valence-corrected chi connectivity index (χ1v) is 15.4. The molecule has 0 N–H and O–H groups in total. The second kappa shape index (κ2) is 25.4. The van der Waals surface area contributed by atoms with Crippen molar-refractivity contribution in [2.45, 2.75) is 188 Å². The van der Waals surface area contributed by atoms with Gasteiger partial charge in [0.15, 0.2) is 0 Å². The summed E-state index contributed by atoms with van der Waals surface area (Å²) >= 11 is 0. The van der Waals surface area contributed by atoms with E-state index in [0.29, 0.717) is 5.41 Å². The molecule has 0 heteroatoms. The highest BCUT2D eigenvalue weighted by Crippen LogP contribution is 2.38. The van der Waals surface area contributed by atoms with Crippen molar-refractivity contribution in [1.29, 1.82) is 0 Å². The van der Waals surface area contributed by atoms with Gasteiger partial charge in [-0.2, -0.15) is 0 Å². The SMILES string of the molecule is C=CC(CCCCCCCCC)(CCCCCCCCCC)CCCCCCCCCC. The van der Waals surface area contributed by atoms with Gasteiger partial charge in [0.2, 0.25) is 0 Å². The Morgan fingerprint density at radius 3 is 0.812 bits per heavy atom.